The van der Waals surface area contributed by atoms with E-state index in [1.807, 2.05) is 0 Å². The Hall–Kier alpha value is -0.250. The van der Waals surface area contributed by atoms with Gasteiger partial charge in [0.1, 0.15) is 18.5 Å². The summed E-state index contributed by atoms with van der Waals surface area (Å²) in [4.78, 5) is 0. The lowest BCUT2D eigenvalue weighted by Crippen LogP contribution is -2.44. The fraction of sp³-hybridized carbons (Fsp3) is 1.00. The van der Waals surface area contributed by atoms with Crippen LogP contribution in [0.1, 0.15) is 84.5 Å². The summed E-state index contributed by atoms with van der Waals surface area (Å²) in [5.74, 6) is -0.453. The topological polar surface area (TPSA) is 9.23 Å². The van der Waals surface area contributed by atoms with Gasteiger partial charge in [-0.3, -0.25) is 0 Å². The summed E-state index contributed by atoms with van der Waals surface area (Å²) in [5, 5.41) is 0. The maximum absolute atomic E-state index is 14.7. The molecule has 7 unspecified atom stereocenters. The first-order valence-corrected chi connectivity index (χ1v) is 10.6. The second kappa shape index (κ2) is 10.8. The number of hydrogen-bond acceptors (Lipinski definition) is 1. The SMILES string of the molecule is CCCCCC1CCC(C2CCC(OCCCC)C(F)C2)C(F)C1F. The van der Waals surface area contributed by atoms with Gasteiger partial charge in [-0.1, -0.05) is 39.5 Å². The van der Waals surface area contributed by atoms with E-state index in [0.717, 1.165) is 57.8 Å². The van der Waals surface area contributed by atoms with Crippen LogP contribution >= 0.6 is 0 Å². The molecule has 0 aromatic carbocycles. The molecule has 0 aliphatic heterocycles. The van der Waals surface area contributed by atoms with Gasteiger partial charge in [0.15, 0.2) is 0 Å². The minimum absolute atomic E-state index is 0.0223. The molecule has 7 atom stereocenters. The average Bonchev–Trinajstić information content (AvgIpc) is 2.60. The van der Waals surface area contributed by atoms with Crippen LogP contribution in [0, 0.1) is 17.8 Å². The predicted molar refractivity (Wildman–Crippen MR) is 97.0 cm³/mol. The molecule has 0 saturated heterocycles. The van der Waals surface area contributed by atoms with E-state index in [1.54, 1.807) is 0 Å². The Labute approximate surface area is 152 Å². The van der Waals surface area contributed by atoms with E-state index < -0.39 is 18.5 Å². The Kier molecular flexibility index (Phi) is 9.09. The lowest BCUT2D eigenvalue weighted by atomic mass is 9.68. The van der Waals surface area contributed by atoms with Crippen molar-refractivity contribution >= 4 is 0 Å². The van der Waals surface area contributed by atoms with Gasteiger partial charge in [0.25, 0.3) is 0 Å². The summed E-state index contributed by atoms with van der Waals surface area (Å²) >= 11 is 0. The van der Waals surface area contributed by atoms with E-state index in [-0.39, 0.29) is 23.9 Å². The molecule has 2 aliphatic carbocycles. The number of rotatable bonds is 9. The van der Waals surface area contributed by atoms with E-state index >= 15 is 0 Å². The van der Waals surface area contributed by atoms with Crippen LogP contribution in [0.5, 0.6) is 0 Å². The minimum Gasteiger partial charge on any atom is -0.375 e. The molecule has 2 saturated carbocycles. The van der Waals surface area contributed by atoms with E-state index in [1.165, 1.54) is 0 Å². The smallest absolute Gasteiger partial charge is 0.134 e. The van der Waals surface area contributed by atoms with Gasteiger partial charge < -0.3 is 4.74 Å². The molecule has 0 radical (unpaired) electrons. The van der Waals surface area contributed by atoms with Crippen LogP contribution < -0.4 is 0 Å². The normalized spacial score (nSPS) is 39.5. The zero-order valence-corrected chi connectivity index (χ0v) is 16.1. The third kappa shape index (κ3) is 5.87. The predicted octanol–water partition coefficient (Wildman–Crippen LogP) is 6.59. The van der Waals surface area contributed by atoms with Gasteiger partial charge in [0.05, 0.1) is 6.10 Å². The number of unbranched alkanes of at least 4 members (excludes halogenated alkanes) is 3. The molecule has 0 spiro atoms. The van der Waals surface area contributed by atoms with E-state index in [9.17, 15) is 13.2 Å². The van der Waals surface area contributed by atoms with Gasteiger partial charge in [-0.2, -0.15) is 0 Å². The number of hydrogen-bond donors (Lipinski definition) is 0. The summed E-state index contributed by atoms with van der Waals surface area (Å²) in [5.41, 5.74) is 0. The molecule has 0 bridgehead atoms. The molecule has 2 fully saturated rings. The van der Waals surface area contributed by atoms with Crippen molar-refractivity contribution in [2.45, 2.75) is 109 Å². The van der Waals surface area contributed by atoms with Crippen LogP contribution in [-0.2, 0) is 4.74 Å². The van der Waals surface area contributed by atoms with Crippen molar-refractivity contribution in [2.75, 3.05) is 6.61 Å². The highest BCUT2D eigenvalue weighted by Gasteiger charge is 2.45. The molecule has 25 heavy (non-hydrogen) atoms. The molecule has 0 heterocycles. The zero-order valence-electron chi connectivity index (χ0n) is 16.1. The molecular weight excluding hydrogens is 325 g/mol. The Morgan fingerprint density at radius 1 is 0.840 bits per heavy atom. The van der Waals surface area contributed by atoms with Crippen LogP contribution in [0.4, 0.5) is 13.2 Å². The Bertz CT molecular complexity index is 365. The van der Waals surface area contributed by atoms with Crippen LogP contribution in [-0.4, -0.2) is 31.2 Å². The first-order valence-electron chi connectivity index (χ1n) is 10.6. The fourth-order valence-corrected chi connectivity index (χ4v) is 4.75. The van der Waals surface area contributed by atoms with Crippen molar-refractivity contribution in [3.63, 3.8) is 0 Å². The van der Waals surface area contributed by atoms with E-state index in [2.05, 4.69) is 13.8 Å². The van der Waals surface area contributed by atoms with Gasteiger partial charge >= 0.3 is 0 Å². The molecule has 0 aromatic heterocycles. The van der Waals surface area contributed by atoms with Crippen molar-refractivity contribution in [2.24, 2.45) is 17.8 Å². The molecule has 148 valence electrons. The van der Waals surface area contributed by atoms with Gasteiger partial charge in [-0.05, 0) is 62.7 Å². The molecule has 0 aromatic rings. The first-order chi connectivity index (χ1) is 12.1. The zero-order chi connectivity index (χ0) is 18.2. The lowest BCUT2D eigenvalue weighted by Gasteiger charge is -2.42. The van der Waals surface area contributed by atoms with Crippen molar-refractivity contribution < 1.29 is 17.9 Å². The third-order valence-electron chi connectivity index (χ3n) is 6.40. The summed E-state index contributed by atoms with van der Waals surface area (Å²) in [6, 6.07) is 0. The maximum Gasteiger partial charge on any atom is 0.134 e. The minimum atomic E-state index is -1.41. The Morgan fingerprint density at radius 2 is 1.60 bits per heavy atom. The van der Waals surface area contributed by atoms with Gasteiger partial charge in [-0.15, -0.1) is 0 Å². The number of alkyl halides is 3. The third-order valence-corrected chi connectivity index (χ3v) is 6.40. The van der Waals surface area contributed by atoms with Crippen LogP contribution in [0.3, 0.4) is 0 Å². The summed E-state index contributed by atoms with van der Waals surface area (Å²) in [7, 11) is 0. The second-order valence-corrected chi connectivity index (χ2v) is 8.24. The average molecular weight is 363 g/mol. The number of ether oxygens (including phenoxy) is 1. The second-order valence-electron chi connectivity index (χ2n) is 8.24. The number of halogens is 3. The van der Waals surface area contributed by atoms with Gasteiger partial charge in [0.2, 0.25) is 0 Å². The molecule has 0 amide bonds. The summed E-state index contributed by atoms with van der Waals surface area (Å²) < 4.78 is 49.4. The summed E-state index contributed by atoms with van der Waals surface area (Å²) in [6.07, 6.45) is 5.09. The first kappa shape index (κ1) is 21.1. The highest BCUT2D eigenvalue weighted by molar-refractivity contribution is 4.94. The standard InChI is InChI=1S/C21H37F3O/c1-3-5-7-8-15-9-11-17(21(24)20(15)23)16-10-12-19(18(22)14-16)25-13-6-4-2/h15-21H,3-14H2,1-2H3. The molecule has 0 N–H and O–H groups in total. The fourth-order valence-electron chi connectivity index (χ4n) is 4.75. The van der Waals surface area contributed by atoms with E-state index in [4.69, 9.17) is 4.74 Å². The molecule has 2 rings (SSSR count). The maximum atomic E-state index is 14.7. The molecule has 2 aliphatic rings. The lowest BCUT2D eigenvalue weighted by molar-refractivity contribution is -0.0663. The van der Waals surface area contributed by atoms with E-state index in [0.29, 0.717) is 19.4 Å². The van der Waals surface area contributed by atoms with Crippen LogP contribution in [0.2, 0.25) is 0 Å². The van der Waals surface area contributed by atoms with Crippen molar-refractivity contribution in [1.82, 2.24) is 0 Å². The van der Waals surface area contributed by atoms with Gasteiger partial charge in [0, 0.05) is 6.61 Å². The van der Waals surface area contributed by atoms with Crippen LogP contribution in [0.15, 0.2) is 0 Å². The quantitative estimate of drug-likeness (QED) is 0.420. The van der Waals surface area contributed by atoms with Crippen molar-refractivity contribution in [3.05, 3.63) is 0 Å². The van der Waals surface area contributed by atoms with Crippen molar-refractivity contribution in [3.8, 4) is 0 Å². The van der Waals surface area contributed by atoms with Crippen molar-refractivity contribution in [1.29, 1.82) is 0 Å². The Balaban J connectivity index is 1.80. The Morgan fingerprint density at radius 3 is 2.28 bits per heavy atom. The monoisotopic (exact) mass is 362 g/mol. The van der Waals surface area contributed by atoms with Gasteiger partial charge in [-0.25, -0.2) is 13.2 Å². The highest BCUT2D eigenvalue weighted by Crippen LogP contribution is 2.44. The highest BCUT2D eigenvalue weighted by atomic mass is 19.2. The molecule has 1 nitrogen and oxygen atoms in total. The molecule has 4 heteroatoms. The summed E-state index contributed by atoms with van der Waals surface area (Å²) in [6.45, 7) is 4.81. The van der Waals surface area contributed by atoms with Crippen LogP contribution in [0.25, 0.3) is 0 Å². The largest absolute Gasteiger partial charge is 0.375 e. The molecular formula is C21H37F3O.